The fourth-order valence-corrected chi connectivity index (χ4v) is 3.18. The van der Waals surface area contributed by atoms with Gasteiger partial charge in [-0.05, 0) is 12.1 Å². The number of carbonyl (C=O) groups excluding carboxylic acids is 1. The van der Waals surface area contributed by atoms with Crippen LogP contribution in [0.1, 0.15) is 43.4 Å². The largest absolute Gasteiger partial charge is 0.490 e. The molecule has 0 spiro atoms. The lowest BCUT2D eigenvalue weighted by molar-refractivity contribution is 0.102. The zero-order valence-corrected chi connectivity index (χ0v) is 17.7. The van der Waals surface area contributed by atoms with Crippen LogP contribution in [0.15, 0.2) is 40.9 Å². The van der Waals surface area contributed by atoms with Gasteiger partial charge < -0.3 is 19.3 Å². The summed E-state index contributed by atoms with van der Waals surface area (Å²) in [7, 11) is 0. The van der Waals surface area contributed by atoms with Crippen molar-refractivity contribution in [3.63, 3.8) is 0 Å². The van der Waals surface area contributed by atoms with E-state index in [0.717, 1.165) is 6.42 Å². The molecule has 4 rings (SSSR count). The van der Waals surface area contributed by atoms with Crippen molar-refractivity contribution in [3.05, 3.63) is 52.8 Å². The van der Waals surface area contributed by atoms with Gasteiger partial charge in [0.25, 0.3) is 11.8 Å². The Hall–Kier alpha value is -3.06. The zero-order chi connectivity index (χ0) is 21.3. The Morgan fingerprint density at radius 2 is 1.80 bits per heavy atom. The van der Waals surface area contributed by atoms with Gasteiger partial charge in [-0.3, -0.25) is 4.79 Å². The van der Waals surface area contributed by atoms with Crippen LogP contribution in [0.5, 0.6) is 11.5 Å². The molecule has 1 amide bonds. The van der Waals surface area contributed by atoms with E-state index in [-0.39, 0.29) is 17.2 Å². The highest BCUT2D eigenvalue weighted by Gasteiger charge is 2.24. The van der Waals surface area contributed by atoms with Crippen LogP contribution in [-0.4, -0.2) is 29.3 Å². The first-order valence-corrected chi connectivity index (χ1v) is 10.0. The number of rotatable bonds is 3. The Balaban J connectivity index is 1.64. The number of hydrogen-bond acceptors (Lipinski definition) is 6. The monoisotopic (exact) mass is 427 g/mol. The molecule has 2 aromatic carbocycles. The molecule has 8 heteroatoms. The molecule has 1 aromatic heterocycles. The van der Waals surface area contributed by atoms with E-state index < -0.39 is 0 Å². The Morgan fingerprint density at radius 3 is 2.50 bits per heavy atom. The van der Waals surface area contributed by atoms with Crippen molar-refractivity contribution in [3.8, 4) is 23.0 Å². The summed E-state index contributed by atoms with van der Waals surface area (Å²) < 4.78 is 16.7. The third-order valence-corrected chi connectivity index (χ3v) is 4.90. The summed E-state index contributed by atoms with van der Waals surface area (Å²) in [6.07, 6.45) is 0.780. The molecule has 2 heterocycles. The molecule has 0 fully saturated rings. The summed E-state index contributed by atoms with van der Waals surface area (Å²) in [5, 5.41) is 7.26. The van der Waals surface area contributed by atoms with Crippen LogP contribution in [0.4, 0.5) is 5.69 Å². The van der Waals surface area contributed by atoms with E-state index in [2.05, 4.69) is 15.5 Å². The molecule has 0 saturated heterocycles. The molecule has 0 atom stereocenters. The topological polar surface area (TPSA) is 86.5 Å². The average molecular weight is 428 g/mol. The first-order valence-electron chi connectivity index (χ1n) is 9.67. The van der Waals surface area contributed by atoms with Gasteiger partial charge in [-0.15, -0.1) is 0 Å². The third-order valence-electron chi connectivity index (χ3n) is 4.58. The normalized spacial score (nSPS) is 13.6. The third kappa shape index (κ3) is 4.11. The number of hydrogen-bond donors (Lipinski definition) is 1. The summed E-state index contributed by atoms with van der Waals surface area (Å²) in [5.41, 5.74) is 1.10. The molecule has 0 bridgehead atoms. The van der Waals surface area contributed by atoms with Crippen LogP contribution in [0.25, 0.3) is 11.5 Å². The van der Waals surface area contributed by atoms with Crippen molar-refractivity contribution in [2.75, 3.05) is 18.5 Å². The quantitative estimate of drug-likeness (QED) is 0.625. The van der Waals surface area contributed by atoms with Gasteiger partial charge in [-0.1, -0.05) is 49.7 Å². The highest BCUT2D eigenvalue weighted by Crippen LogP contribution is 2.38. The van der Waals surface area contributed by atoms with Crippen LogP contribution < -0.4 is 14.8 Å². The second-order valence-corrected chi connectivity index (χ2v) is 8.41. The number of benzene rings is 2. The molecule has 7 nitrogen and oxygen atoms in total. The Kier molecular flexibility index (Phi) is 5.39. The standard InChI is InChI=1S/C22H22ClN3O4/c1-22(2,3)21-25-20(30-26-21)14-8-5-4-7-13(14)19(27)24-16-12-18-17(11-15(16)23)28-9-6-10-29-18/h4-5,7-8,11-12H,6,9-10H2,1-3H3,(H,24,27). The highest BCUT2D eigenvalue weighted by atomic mass is 35.5. The molecule has 3 aromatic rings. The molecule has 1 N–H and O–H groups in total. The van der Waals surface area contributed by atoms with Crippen molar-refractivity contribution in [2.24, 2.45) is 0 Å². The molecule has 30 heavy (non-hydrogen) atoms. The van der Waals surface area contributed by atoms with Gasteiger partial charge in [0.2, 0.25) is 0 Å². The number of ether oxygens (including phenoxy) is 2. The number of halogens is 1. The van der Waals surface area contributed by atoms with Crippen LogP contribution in [0.2, 0.25) is 5.02 Å². The van der Waals surface area contributed by atoms with E-state index in [9.17, 15) is 4.79 Å². The van der Waals surface area contributed by atoms with Crippen LogP contribution >= 0.6 is 11.6 Å². The summed E-state index contributed by atoms with van der Waals surface area (Å²) in [4.78, 5) is 17.5. The second kappa shape index (κ2) is 7.99. The van der Waals surface area contributed by atoms with Gasteiger partial charge in [0, 0.05) is 24.0 Å². The van der Waals surface area contributed by atoms with Crippen molar-refractivity contribution in [2.45, 2.75) is 32.6 Å². The minimum atomic E-state index is -0.350. The van der Waals surface area contributed by atoms with Crippen molar-refractivity contribution in [1.29, 1.82) is 0 Å². The molecule has 1 aliphatic heterocycles. The van der Waals surface area contributed by atoms with Gasteiger partial charge >= 0.3 is 0 Å². The first kappa shape index (κ1) is 20.2. The minimum Gasteiger partial charge on any atom is -0.490 e. The van der Waals surface area contributed by atoms with Gasteiger partial charge in [0.1, 0.15) is 0 Å². The summed E-state index contributed by atoms with van der Waals surface area (Å²) in [6.45, 7) is 7.08. The minimum absolute atomic E-state index is 0.267. The Labute approximate surface area is 179 Å². The number of nitrogens with zero attached hydrogens (tertiary/aromatic N) is 2. The Morgan fingerprint density at radius 1 is 1.10 bits per heavy atom. The first-order chi connectivity index (χ1) is 14.3. The van der Waals surface area contributed by atoms with E-state index in [4.69, 9.17) is 25.6 Å². The molecule has 1 aliphatic rings. The number of fused-ring (bicyclic) bond motifs is 1. The average Bonchev–Trinajstić information content (AvgIpc) is 3.11. The molecule has 0 saturated carbocycles. The van der Waals surface area contributed by atoms with Crippen molar-refractivity contribution < 1.29 is 18.8 Å². The number of anilines is 1. The lowest BCUT2D eigenvalue weighted by Gasteiger charge is -2.13. The predicted molar refractivity (Wildman–Crippen MR) is 113 cm³/mol. The number of aromatic nitrogens is 2. The van der Waals surface area contributed by atoms with E-state index >= 15 is 0 Å². The lowest BCUT2D eigenvalue weighted by Crippen LogP contribution is -2.14. The smallest absolute Gasteiger partial charge is 0.258 e. The van der Waals surface area contributed by atoms with E-state index in [1.165, 1.54) is 0 Å². The maximum atomic E-state index is 13.1. The molecule has 0 radical (unpaired) electrons. The lowest BCUT2D eigenvalue weighted by atomic mass is 9.96. The highest BCUT2D eigenvalue weighted by molar-refractivity contribution is 6.34. The van der Waals surface area contributed by atoms with Gasteiger partial charge in [0.05, 0.1) is 35.1 Å². The maximum absolute atomic E-state index is 13.1. The van der Waals surface area contributed by atoms with Crippen molar-refractivity contribution in [1.82, 2.24) is 10.1 Å². The molecular weight excluding hydrogens is 406 g/mol. The van der Waals surface area contributed by atoms with E-state index in [0.29, 0.717) is 52.4 Å². The SMILES string of the molecule is CC(C)(C)c1noc(-c2ccccc2C(=O)Nc2cc3c(cc2Cl)OCCCO3)n1. The summed E-state index contributed by atoms with van der Waals surface area (Å²) in [6, 6.07) is 10.4. The van der Waals surface area contributed by atoms with E-state index in [1.807, 2.05) is 26.8 Å². The second-order valence-electron chi connectivity index (χ2n) is 8.00. The van der Waals surface area contributed by atoms with Gasteiger partial charge in [0.15, 0.2) is 17.3 Å². The van der Waals surface area contributed by atoms with Crippen molar-refractivity contribution >= 4 is 23.2 Å². The predicted octanol–water partition coefficient (Wildman–Crippen LogP) is 5.10. The fourth-order valence-electron chi connectivity index (χ4n) is 2.97. The molecule has 0 unspecified atom stereocenters. The summed E-state index contributed by atoms with van der Waals surface area (Å²) >= 11 is 6.37. The zero-order valence-electron chi connectivity index (χ0n) is 17.0. The van der Waals surface area contributed by atoms with Crippen LogP contribution in [0.3, 0.4) is 0 Å². The summed E-state index contributed by atoms with van der Waals surface area (Å²) in [5.74, 6) is 1.62. The number of nitrogens with one attached hydrogen (secondary N) is 1. The number of carbonyl (C=O) groups is 1. The van der Waals surface area contributed by atoms with Crippen LogP contribution in [0, 0.1) is 0 Å². The van der Waals surface area contributed by atoms with Gasteiger partial charge in [-0.2, -0.15) is 4.98 Å². The molecular formula is C22H22ClN3O4. The van der Waals surface area contributed by atoms with Gasteiger partial charge in [-0.25, -0.2) is 0 Å². The Bertz CT molecular complexity index is 1090. The van der Waals surface area contributed by atoms with E-state index in [1.54, 1.807) is 30.3 Å². The number of amides is 1. The van der Waals surface area contributed by atoms with Crippen LogP contribution in [-0.2, 0) is 5.41 Å². The fraction of sp³-hybridized carbons (Fsp3) is 0.318. The molecule has 156 valence electrons. The molecule has 0 aliphatic carbocycles. The maximum Gasteiger partial charge on any atom is 0.258 e.